The van der Waals surface area contributed by atoms with Gasteiger partial charge in [0.2, 0.25) is 0 Å². The van der Waals surface area contributed by atoms with Gasteiger partial charge in [0.15, 0.2) is 0 Å². The summed E-state index contributed by atoms with van der Waals surface area (Å²) in [7, 11) is 0. The number of rotatable bonds is 6. The zero-order valence-corrected chi connectivity index (χ0v) is 8.94. The van der Waals surface area contributed by atoms with Crippen molar-refractivity contribution < 1.29 is 4.74 Å². The molecule has 1 unspecified atom stereocenters. The van der Waals surface area contributed by atoms with Gasteiger partial charge in [0, 0.05) is 25.9 Å². The van der Waals surface area contributed by atoms with Crippen molar-refractivity contribution in [3.05, 3.63) is 18.0 Å². The molecule has 0 aliphatic heterocycles. The van der Waals surface area contributed by atoms with Gasteiger partial charge in [-0.3, -0.25) is 4.68 Å². The van der Waals surface area contributed by atoms with Gasteiger partial charge in [-0.15, -0.1) is 0 Å². The van der Waals surface area contributed by atoms with Crippen LogP contribution < -0.4 is 5.73 Å². The molecule has 0 saturated heterocycles. The lowest BCUT2D eigenvalue weighted by atomic mass is 10.2. The van der Waals surface area contributed by atoms with Crippen LogP contribution in [0.3, 0.4) is 0 Å². The molecule has 1 heterocycles. The highest BCUT2D eigenvalue weighted by Gasteiger charge is 2.05. The van der Waals surface area contributed by atoms with Crippen molar-refractivity contribution in [2.45, 2.75) is 32.9 Å². The smallest absolute Gasteiger partial charge is 0.0714 e. The van der Waals surface area contributed by atoms with Crippen molar-refractivity contribution in [1.82, 2.24) is 9.78 Å². The molecule has 0 aliphatic carbocycles. The van der Waals surface area contributed by atoms with E-state index in [1.807, 2.05) is 30.9 Å². The van der Waals surface area contributed by atoms with Crippen LogP contribution in [0.25, 0.3) is 0 Å². The van der Waals surface area contributed by atoms with E-state index >= 15 is 0 Å². The van der Waals surface area contributed by atoms with Crippen molar-refractivity contribution in [1.29, 1.82) is 0 Å². The molecule has 0 radical (unpaired) electrons. The van der Waals surface area contributed by atoms with E-state index in [-0.39, 0.29) is 6.10 Å². The molecule has 0 saturated carbocycles. The monoisotopic (exact) mass is 197 g/mol. The maximum absolute atomic E-state index is 5.57. The van der Waals surface area contributed by atoms with Crippen LogP contribution in [0, 0.1) is 6.92 Å². The first kappa shape index (κ1) is 11.2. The molecule has 1 aromatic rings. The summed E-state index contributed by atoms with van der Waals surface area (Å²) < 4.78 is 7.38. The van der Waals surface area contributed by atoms with Crippen LogP contribution in [-0.4, -0.2) is 29.0 Å². The molecule has 14 heavy (non-hydrogen) atoms. The number of nitrogens with zero attached hydrogens (tertiary/aromatic N) is 2. The van der Waals surface area contributed by atoms with Crippen molar-refractivity contribution >= 4 is 0 Å². The molecule has 1 atom stereocenters. The lowest BCUT2D eigenvalue weighted by Gasteiger charge is -2.14. The summed E-state index contributed by atoms with van der Waals surface area (Å²) in [6, 6.07) is 0. The summed E-state index contributed by atoms with van der Waals surface area (Å²) in [5.74, 6) is 0. The molecular weight excluding hydrogens is 178 g/mol. The molecule has 0 aliphatic rings. The fourth-order valence-electron chi connectivity index (χ4n) is 1.37. The Balaban J connectivity index is 2.31. The fraction of sp³-hybridized carbons (Fsp3) is 0.700. The first-order valence-corrected chi connectivity index (χ1v) is 5.07. The zero-order chi connectivity index (χ0) is 10.4. The zero-order valence-electron chi connectivity index (χ0n) is 8.94. The predicted molar refractivity (Wildman–Crippen MR) is 56.0 cm³/mol. The highest BCUT2D eigenvalue weighted by atomic mass is 16.5. The molecule has 4 heteroatoms. The average molecular weight is 197 g/mol. The maximum atomic E-state index is 5.57. The third kappa shape index (κ3) is 3.47. The van der Waals surface area contributed by atoms with Gasteiger partial charge in [0.05, 0.1) is 12.3 Å². The normalized spacial score (nSPS) is 13.1. The first-order valence-electron chi connectivity index (χ1n) is 5.07. The number of nitrogens with two attached hydrogens (primary N) is 1. The molecule has 0 spiro atoms. The van der Waals surface area contributed by atoms with Crippen LogP contribution in [0.4, 0.5) is 0 Å². The van der Waals surface area contributed by atoms with E-state index in [1.54, 1.807) is 0 Å². The Morgan fingerprint density at radius 2 is 2.43 bits per heavy atom. The lowest BCUT2D eigenvalue weighted by molar-refractivity contribution is 0.0592. The van der Waals surface area contributed by atoms with Crippen molar-refractivity contribution in [3.8, 4) is 0 Å². The number of hydrogen-bond donors (Lipinski definition) is 1. The van der Waals surface area contributed by atoms with E-state index in [2.05, 4.69) is 5.10 Å². The largest absolute Gasteiger partial charge is 0.377 e. The quantitative estimate of drug-likeness (QED) is 0.738. The van der Waals surface area contributed by atoms with E-state index in [4.69, 9.17) is 10.5 Å². The minimum Gasteiger partial charge on any atom is -0.377 e. The molecule has 2 N–H and O–H groups in total. The predicted octanol–water partition coefficient (Wildman–Crippen LogP) is 0.945. The number of aromatic nitrogens is 2. The van der Waals surface area contributed by atoms with Gasteiger partial charge in [-0.1, -0.05) is 0 Å². The van der Waals surface area contributed by atoms with E-state index in [0.717, 1.165) is 19.6 Å². The molecule has 0 aromatic carbocycles. The van der Waals surface area contributed by atoms with E-state index in [1.165, 1.54) is 5.56 Å². The molecule has 0 amide bonds. The summed E-state index contributed by atoms with van der Waals surface area (Å²) in [6.45, 7) is 6.19. The van der Waals surface area contributed by atoms with Crippen LogP contribution in [0.15, 0.2) is 12.4 Å². The van der Waals surface area contributed by atoms with Gasteiger partial charge in [-0.05, 0) is 25.8 Å². The van der Waals surface area contributed by atoms with Crippen LogP contribution in [-0.2, 0) is 11.3 Å². The Morgan fingerprint density at radius 3 is 2.93 bits per heavy atom. The SMILES string of the molecule is CCOC(CN)CCn1cc(C)cn1. The highest BCUT2D eigenvalue weighted by Crippen LogP contribution is 2.01. The Bertz CT molecular complexity index is 260. The van der Waals surface area contributed by atoms with Gasteiger partial charge in [0.1, 0.15) is 0 Å². The third-order valence-electron chi connectivity index (χ3n) is 2.11. The van der Waals surface area contributed by atoms with E-state index < -0.39 is 0 Å². The number of ether oxygens (including phenoxy) is 1. The second-order valence-corrected chi connectivity index (χ2v) is 3.38. The first-order chi connectivity index (χ1) is 6.76. The molecule has 4 nitrogen and oxygen atoms in total. The van der Waals surface area contributed by atoms with Gasteiger partial charge >= 0.3 is 0 Å². The minimum atomic E-state index is 0.157. The third-order valence-corrected chi connectivity index (χ3v) is 2.11. The minimum absolute atomic E-state index is 0.157. The Labute approximate surface area is 85.0 Å². The summed E-state index contributed by atoms with van der Waals surface area (Å²) in [6.07, 6.45) is 4.97. The molecule has 1 aromatic heterocycles. The van der Waals surface area contributed by atoms with Crippen LogP contribution in [0.2, 0.25) is 0 Å². The standard InChI is InChI=1S/C10H19N3O/c1-3-14-10(6-11)4-5-13-8-9(2)7-12-13/h7-8,10H,3-6,11H2,1-2H3. The number of aryl methyl sites for hydroxylation is 2. The van der Waals surface area contributed by atoms with Gasteiger partial charge < -0.3 is 10.5 Å². The molecule has 80 valence electrons. The maximum Gasteiger partial charge on any atom is 0.0714 e. The van der Waals surface area contributed by atoms with Crippen LogP contribution in [0.1, 0.15) is 18.9 Å². The number of hydrogen-bond acceptors (Lipinski definition) is 3. The van der Waals surface area contributed by atoms with Crippen LogP contribution in [0.5, 0.6) is 0 Å². The van der Waals surface area contributed by atoms with Crippen LogP contribution >= 0.6 is 0 Å². The fourth-order valence-corrected chi connectivity index (χ4v) is 1.37. The second-order valence-electron chi connectivity index (χ2n) is 3.38. The molecule has 0 fully saturated rings. The summed E-state index contributed by atoms with van der Waals surface area (Å²) in [4.78, 5) is 0. The summed E-state index contributed by atoms with van der Waals surface area (Å²) >= 11 is 0. The topological polar surface area (TPSA) is 53.1 Å². The van der Waals surface area contributed by atoms with Crippen molar-refractivity contribution in [2.75, 3.05) is 13.2 Å². The van der Waals surface area contributed by atoms with E-state index in [9.17, 15) is 0 Å². The summed E-state index contributed by atoms with van der Waals surface area (Å²) in [5, 5.41) is 4.20. The van der Waals surface area contributed by atoms with Gasteiger partial charge in [0.25, 0.3) is 0 Å². The molecule has 1 rings (SSSR count). The Morgan fingerprint density at radius 1 is 1.64 bits per heavy atom. The second kappa shape index (κ2) is 5.78. The molecule has 0 bridgehead atoms. The lowest BCUT2D eigenvalue weighted by Crippen LogP contribution is -2.25. The molecular formula is C10H19N3O. The summed E-state index contributed by atoms with van der Waals surface area (Å²) in [5.41, 5.74) is 6.76. The Hall–Kier alpha value is -0.870. The van der Waals surface area contributed by atoms with Crippen molar-refractivity contribution in [3.63, 3.8) is 0 Å². The Kier molecular flexibility index (Phi) is 4.62. The highest BCUT2D eigenvalue weighted by molar-refractivity contribution is 4.99. The van der Waals surface area contributed by atoms with Crippen molar-refractivity contribution in [2.24, 2.45) is 5.73 Å². The van der Waals surface area contributed by atoms with E-state index in [0.29, 0.717) is 6.54 Å². The van der Waals surface area contributed by atoms with Gasteiger partial charge in [-0.2, -0.15) is 5.10 Å². The van der Waals surface area contributed by atoms with Gasteiger partial charge in [-0.25, -0.2) is 0 Å². The average Bonchev–Trinajstić information content (AvgIpc) is 2.59.